The highest BCUT2D eigenvalue weighted by atomic mass is 35.7. The van der Waals surface area contributed by atoms with Crippen molar-refractivity contribution in [1.82, 2.24) is 19.7 Å². The fraction of sp³-hybridized carbons (Fsp3) is 0.222. The number of hydrogen-bond donors (Lipinski definition) is 0. The van der Waals surface area contributed by atoms with E-state index in [0.717, 1.165) is 0 Å². The van der Waals surface area contributed by atoms with Gasteiger partial charge in [-0.15, -0.1) is 10.2 Å². The van der Waals surface area contributed by atoms with E-state index >= 15 is 0 Å². The van der Waals surface area contributed by atoms with Crippen LogP contribution in [0.25, 0.3) is 11.5 Å². The highest BCUT2D eigenvalue weighted by Gasteiger charge is 2.22. The maximum atomic E-state index is 11.3. The van der Waals surface area contributed by atoms with E-state index in [2.05, 4.69) is 15.2 Å². The smallest absolute Gasteiger partial charge is 0.296 e. The number of aromatic nitrogens is 4. The van der Waals surface area contributed by atoms with E-state index in [-0.39, 0.29) is 5.16 Å². The van der Waals surface area contributed by atoms with Gasteiger partial charge in [0.05, 0.1) is 5.02 Å². The second kappa shape index (κ2) is 4.83. The Morgan fingerprint density at radius 1 is 1.33 bits per heavy atom. The van der Waals surface area contributed by atoms with Crippen LogP contribution in [0.5, 0.6) is 0 Å². The molecule has 0 saturated carbocycles. The highest BCUT2D eigenvalue weighted by Crippen LogP contribution is 2.21. The van der Waals surface area contributed by atoms with Crippen LogP contribution < -0.4 is 0 Å². The Bertz CT molecular complexity index is 666. The molecule has 0 aromatic carbocycles. The van der Waals surface area contributed by atoms with Crippen LogP contribution in [-0.4, -0.2) is 28.2 Å². The first-order valence-electron chi connectivity index (χ1n) is 4.93. The highest BCUT2D eigenvalue weighted by molar-refractivity contribution is 8.13. The fourth-order valence-electron chi connectivity index (χ4n) is 1.45. The lowest BCUT2D eigenvalue weighted by atomic mass is 10.3. The minimum Gasteiger partial charge on any atom is -0.296 e. The summed E-state index contributed by atoms with van der Waals surface area (Å²) in [6.07, 6.45) is 1.44. The molecule has 0 bridgehead atoms. The first-order valence-corrected chi connectivity index (χ1v) is 7.62. The lowest BCUT2D eigenvalue weighted by Gasteiger charge is -2.04. The van der Waals surface area contributed by atoms with Gasteiger partial charge in [-0.3, -0.25) is 9.55 Å². The molecule has 96 valence electrons. The van der Waals surface area contributed by atoms with Crippen LogP contribution in [0.3, 0.4) is 0 Å². The van der Waals surface area contributed by atoms with Gasteiger partial charge in [0.25, 0.3) is 14.2 Å². The van der Waals surface area contributed by atoms with E-state index in [1.807, 2.05) is 0 Å². The van der Waals surface area contributed by atoms with E-state index in [1.54, 1.807) is 19.1 Å². The quantitative estimate of drug-likeness (QED) is 0.810. The molecule has 0 unspecified atom stereocenters. The summed E-state index contributed by atoms with van der Waals surface area (Å²) in [5.41, 5.74) is 0.473. The Labute approximate surface area is 113 Å². The van der Waals surface area contributed by atoms with Gasteiger partial charge in [0, 0.05) is 23.4 Å². The van der Waals surface area contributed by atoms with Gasteiger partial charge in [0.1, 0.15) is 5.69 Å². The van der Waals surface area contributed by atoms with Crippen molar-refractivity contribution in [1.29, 1.82) is 0 Å². The summed E-state index contributed by atoms with van der Waals surface area (Å²) in [6.45, 7) is 2.11. The number of halogens is 2. The third kappa shape index (κ3) is 2.47. The Hall–Kier alpha value is -1.18. The van der Waals surface area contributed by atoms with E-state index in [9.17, 15) is 8.42 Å². The van der Waals surface area contributed by atoms with Crippen molar-refractivity contribution >= 4 is 31.3 Å². The van der Waals surface area contributed by atoms with Crippen molar-refractivity contribution in [3.05, 3.63) is 23.4 Å². The van der Waals surface area contributed by atoms with E-state index in [0.29, 0.717) is 23.1 Å². The molecule has 0 amide bonds. The minimum absolute atomic E-state index is 0.293. The fourth-order valence-corrected chi connectivity index (χ4v) is 2.52. The second-order valence-corrected chi connectivity index (χ2v) is 6.25. The van der Waals surface area contributed by atoms with Crippen molar-refractivity contribution < 1.29 is 8.42 Å². The zero-order chi connectivity index (χ0) is 13.3. The maximum absolute atomic E-state index is 11.3. The van der Waals surface area contributed by atoms with Crippen LogP contribution in [0.4, 0.5) is 0 Å². The van der Waals surface area contributed by atoms with Gasteiger partial charge in [-0.2, -0.15) is 0 Å². The molecule has 0 spiro atoms. The van der Waals surface area contributed by atoms with Crippen LogP contribution in [0.15, 0.2) is 23.5 Å². The molecule has 0 aliphatic carbocycles. The maximum Gasteiger partial charge on any atom is 0.296 e. The molecule has 0 aliphatic heterocycles. The Morgan fingerprint density at radius 3 is 2.56 bits per heavy atom. The topological polar surface area (TPSA) is 77.7 Å². The summed E-state index contributed by atoms with van der Waals surface area (Å²) in [6, 6.07) is 3.26. The zero-order valence-electron chi connectivity index (χ0n) is 9.21. The average molecular weight is 307 g/mol. The van der Waals surface area contributed by atoms with Crippen molar-refractivity contribution in [3.8, 4) is 11.5 Å². The van der Waals surface area contributed by atoms with Gasteiger partial charge in [-0.25, -0.2) is 8.42 Å². The van der Waals surface area contributed by atoms with E-state index < -0.39 is 9.05 Å². The van der Waals surface area contributed by atoms with Gasteiger partial charge in [0.15, 0.2) is 5.82 Å². The van der Waals surface area contributed by atoms with Crippen molar-refractivity contribution in [2.75, 3.05) is 0 Å². The average Bonchev–Trinajstić information content (AvgIpc) is 2.73. The number of nitrogens with zero attached hydrogens (tertiary/aromatic N) is 4. The first-order chi connectivity index (χ1) is 8.43. The predicted molar refractivity (Wildman–Crippen MR) is 67.0 cm³/mol. The van der Waals surface area contributed by atoms with Crippen LogP contribution in [-0.2, 0) is 15.6 Å². The molecule has 0 N–H and O–H groups in total. The second-order valence-electron chi connectivity index (χ2n) is 3.35. The van der Waals surface area contributed by atoms with E-state index in [1.165, 1.54) is 10.8 Å². The van der Waals surface area contributed by atoms with Gasteiger partial charge >= 0.3 is 0 Å². The zero-order valence-corrected chi connectivity index (χ0v) is 11.5. The number of rotatable bonds is 3. The molecule has 0 aliphatic rings. The van der Waals surface area contributed by atoms with Crippen molar-refractivity contribution in [3.63, 3.8) is 0 Å². The first kappa shape index (κ1) is 13.3. The molecule has 2 aromatic rings. The van der Waals surface area contributed by atoms with Crippen LogP contribution in [0, 0.1) is 0 Å². The summed E-state index contributed by atoms with van der Waals surface area (Å²) in [4.78, 5) is 4.06. The molecular formula is C9H8Cl2N4O2S. The summed E-state index contributed by atoms with van der Waals surface area (Å²) in [5, 5.41) is 7.56. The van der Waals surface area contributed by atoms with Gasteiger partial charge < -0.3 is 0 Å². The van der Waals surface area contributed by atoms with Crippen molar-refractivity contribution in [2.24, 2.45) is 0 Å². The van der Waals surface area contributed by atoms with Crippen molar-refractivity contribution in [2.45, 2.75) is 18.6 Å². The molecule has 18 heavy (non-hydrogen) atoms. The summed E-state index contributed by atoms with van der Waals surface area (Å²) < 4.78 is 24.0. The summed E-state index contributed by atoms with van der Waals surface area (Å²) >= 11 is 5.73. The van der Waals surface area contributed by atoms with Crippen LogP contribution >= 0.6 is 22.3 Å². The third-order valence-electron chi connectivity index (χ3n) is 2.21. The molecular weight excluding hydrogens is 299 g/mol. The van der Waals surface area contributed by atoms with Gasteiger partial charge in [-0.05, 0) is 19.1 Å². The van der Waals surface area contributed by atoms with Gasteiger partial charge in [-0.1, -0.05) is 11.6 Å². The SMILES string of the molecule is CCn1c(-c2ccc(Cl)cn2)nnc1S(=O)(=O)Cl. The third-order valence-corrected chi connectivity index (χ3v) is 3.58. The molecule has 0 fully saturated rings. The lowest BCUT2D eigenvalue weighted by Crippen LogP contribution is -2.06. The molecule has 2 heterocycles. The lowest BCUT2D eigenvalue weighted by molar-refractivity contribution is 0.582. The van der Waals surface area contributed by atoms with Crippen LogP contribution in [0.2, 0.25) is 5.02 Å². The molecule has 2 aromatic heterocycles. The molecule has 6 nitrogen and oxygen atoms in total. The van der Waals surface area contributed by atoms with E-state index in [4.69, 9.17) is 22.3 Å². The number of hydrogen-bond acceptors (Lipinski definition) is 5. The van der Waals surface area contributed by atoms with Crippen LogP contribution in [0.1, 0.15) is 6.92 Å². The molecule has 9 heteroatoms. The Balaban J connectivity index is 2.59. The minimum atomic E-state index is -3.93. The molecule has 2 rings (SSSR count). The Kier molecular flexibility index (Phi) is 3.56. The monoisotopic (exact) mass is 306 g/mol. The standard InChI is InChI=1S/C9H8Cl2N4O2S/c1-2-15-8(7-4-3-6(10)5-12-7)13-14-9(15)18(11,16)17/h3-5H,2H2,1H3. The summed E-state index contributed by atoms with van der Waals surface area (Å²) in [5.74, 6) is 0.327. The Morgan fingerprint density at radius 2 is 2.06 bits per heavy atom. The number of pyridine rings is 1. The predicted octanol–water partition coefficient (Wildman–Crippen LogP) is 1.94. The van der Waals surface area contributed by atoms with Gasteiger partial charge in [0.2, 0.25) is 0 Å². The molecule has 0 saturated heterocycles. The normalized spacial score (nSPS) is 11.7. The largest absolute Gasteiger partial charge is 0.296 e. The molecule has 0 radical (unpaired) electrons. The summed E-state index contributed by atoms with van der Waals surface area (Å²) in [7, 11) is 1.34. The molecule has 0 atom stereocenters.